The zero-order chi connectivity index (χ0) is 6.85. The molecule has 0 spiro atoms. The maximum Gasteiger partial charge on any atom is 0.209 e. The molecular formula is C6H10N2O. The molecule has 1 heterocycles. The molecule has 0 atom stereocenters. The Labute approximate surface area is 53.9 Å². The van der Waals surface area contributed by atoms with Gasteiger partial charge in [-0.15, -0.1) is 0 Å². The van der Waals surface area contributed by atoms with E-state index in [0.717, 1.165) is 12.2 Å². The van der Waals surface area contributed by atoms with Gasteiger partial charge in [0.1, 0.15) is 0 Å². The first kappa shape index (κ1) is 6.13. The Morgan fingerprint density at radius 2 is 2.44 bits per heavy atom. The molecule has 0 fully saturated rings. The molecule has 50 valence electrons. The summed E-state index contributed by atoms with van der Waals surface area (Å²) in [7, 11) is 0. The van der Waals surface area contributed by atoms with Gasteiger partial charge in [-0.1, -0.05) is 0 Å². The van der Waals surface area contributed by atoms with Gasteiger partial charge in [-0.3, -0.25) is 0 Å². The zero-order valence-electron chi connectivity index (χ0n) is 5.63. The molecule has 1 rings (SSSR count). The van der Waals surface area contributed by atoms with Crippen molar-refractivity contribution in [1.82, 2.24) is 9.78 Å². The molecule has 0 saturated heterocycles. The summed E-state index contributed by atoms with van der Waals surface area (Å²) in [5, 5.41) is 13.0. The molecule has 0 radical (unpaired) electrons. The Kier molecular flexibility index (Phi) is 1.42. The summed E-state index contributed by atoms with van der Waals surface area (Å²) in [5.41, 5.74) is 0.856. The highest BCUT2D eigenvalue weighted by Crippen LogP contribution is 2.08. The van der Waals surface area contributed by atoms with Crippen molar-refractivity contribution >= 4 is 0 Å². The molecule has 0 amide bonds. The van der Waals surface area contributed by atoms with Crippen molar-refractivity contribution in [2.24, 2.45) is 0 Å². The minimum absolute atomic E-state index is 0.245. The van der Waals surface area contributed by atoms with E-state index in [1.54, 1.807) is 10.7 Å². The average Bonchev–Trinajstić information content (AvgIpc) is 2.10. The molecule has 0 aliphatic rings. The quantitative estimate of drug-likeness (QED) is 0.607. The lowest BCUT2D eigenvalue weighted by atomic mass is 10.5. The fraction of sp³-hybridized carbons (Fsp3) is 0.500. The summed E-state index contributed by atoms with van der Waals surface area (Å²) in [6, 6.07) is 1.64. The number of rotatable bonds is 1. The molecule has 0 aliphatic carbocycles. The van der Waals surface area contributed by atoms with E-state index >= 15 is 0 Å². The third kappa shape index (κ3) is 1.04. The van der Waals surface area contributed by atoms with Gasteiger partial charge in [0.2, 0.25) is 5.88 Å². The highest BCUT2D eigenvalue weighted by molar-refractivity contribution is 5.12. The van der Waals surface area contributed by atoms with Crippen LogP contribution < -0.4 is 0 Å². The van der Waals surface area contributed by atoms with Gasteiger partial charge < -0.3 is 5.11 Å². The predicted octanol–water partition coefficient (Wildman–Crippen LogP) is 0.917. The van der Waals surface area contributed by atoms with Gasteiger partial charge in [-0.25, -0.2) is 4.68 Å². The van der Waals surface area contributed by atoms with Gasteiger partial charge in [0, 0.05) is 12.6 Å². The van der Waals surface area contributed by atoms with Crippen molar-refractivity contribution in [2.75, 3.05) is 0 Å². The van der Waals surface area contributed by atoms with Crippen LogP contribution in [0, 0.1) is 6.92 Å². The first-order valence-electron chi connectivity index (χ1n) is 2.97. The van der Waals surface area contributed by atoms with Crippen molar-refractivity contribution in [3.05, 3.63) is 11.8 Å². The van der Waals surface area contributed by atoms with Crippen LogP contribution in [0.5, 0.6) is 5.88 Å². The monoisotopic (exact) mass is 126 g/mol. The lowest BCUT2D eigenvalue weighted by Crippen LogP contribution is -1.94. The number of aryl methyl sites for hydroxylation is 2. The van der Waals surface area contributed by atoms with Gasteiger partial charge in [0.25, 0.3) is 0 Å². The Hall–Kier alpha value is -0.990. The lowest BCUT2D eigenvalue weighted by Gasteiger charge is -1.93. The Morgan fingerprint density at radius 1 is 1.78 bits per heavy atom. The Bertz CT molecular complexity index is 205. The van der Waals surface area contributed by atoms with E-state index in [0.29, 0.717) is 0 Å². The maximum atomic E-state index is 9.03. The zero-order valence-corrected chi connectivity index (χ0v) is 5.63. The average molecular weight is 126 g/mol. The summed E-state index contributed by atoms with van der Waals surface area (Å²) in [6.45, 7) is 4.51. The van der Waals surface area contributed by atoms with Crippen molar-refractivity contribution < 1.29 is 5.11 Å². The fourth-order valence-corrected chi connectivity index (χ4v) is 0.765. The van der Waals surface area contributed by atoms with Crippen LogP contribution in [-0.2, 0) is 6.54 Å². The predicted molar refractivity (Wildman–Crippen MR) is 34.3 cm³/mol. The van der Waals surface area contributed by atoms with Crippen LogP contribution in [0.1, 0.15) is 12.6 Å². The third-order valence-corrected chi connectivity index (χ3v) is 1.18. The molecule has 1 aromatic heterocycles. The number of aromatic nitrogens is 2. The molecule has 0 unspecified atom stereocenters. The van der Waals surface area contributed by atoms with Crippen LogP contribution >= 0.6 is 0 Å². The number of aromatic hydroxyl groups is 1. The number of nitrogens with zero attached hydrogens (tertiary/aromatic N) is 2. The summed E-state index contributed by atoms with van der Waals surface area (Å²) in [6.07, 6.45) is 0. The molecule has 0 saturated carbocycles. The lowest BCUT2D eigenvalue weighted by molar-refractivity contribution is 0.405. The number of hydrogen-bond acceptors (Lipinski definition) is 2. The van der Waals surface area contributed by atoms with Crippen molar-refractivity contribution in [3.8, 4) is 5.88 Å². The first-order valence-corrected chi connectivity index (χ1v) is 2.97. The molecule has 1 N–H and O–H groups in total. The SMILES string of the molecule is CCn1nc(C)cc1O. The third-order valence-electron chi connectivity index (χ3n) is 1.18. The first-order chi connectivity index (χ1) is 4.24. The molecule has 3 nitrogen and oxygen atoms in total. The van der Waals surface area contributed by atoms with Gasteiger partial charge >= 0.3 is 0 Å². The Balaban J connectivity index is 3.01. The largest absolute Gasteiger partial charge is 0.493 e. The molecule has 3 heteroatoms. The molecule has 1 aromatic rings. The minimum Gasteiger partial charge on any atom is -0.493 e. The second-order valence-corrected chi connectivity index (χ2v) is 1.96. The normalized spacial score (nSPS) is 10.0. The van der Waals surface area contributed by atoms with Gasteiger partial charge in [0.15, 0.2) is 0 Å². The Morgan fingerprint density at radius 3 is 2.67 bits per heavy atom. The highest BCUT2D eigenvalue weighted by atomic mass is 16.3. The fourth-order valence-electron chi connectivity index (χ4n) is 0.765. The van der Waals surface area contributed by atoms with Crippen LogP contribution in [0.4, 0.5) is 0 Å². The summed E-state index contributed by atoms with van der Waals surface area (Å²) < 4.78 is 1.55. The topological polar surface area (TPSA) is 38.0 Å². The van der Waals surface area contributed by atoms with Crippen LogP contribution in [0.2, 0.25) is 0 Å². The smallest absolute Gasteiger partial charge is 0.209 e. The summed E-state index contributed by atoms with van der Waals surface area (Å²) in [4.78, 5) is 0. The van der Waals surface area contributed by atoms with Crippen LogP contribution in [0.15, 0.2) is 6.07 Å². The van der Waals surface area contributed by atoms with E-state index in [2.05, 4.69) is 5.10 Å². The number of hydrogen-bond donors (Lipinski definition) is 1. The van der Waals surface area contributed by atoms with Crippen LogP contribution in [0.25, 0.3) is 0 Å². The van der Waals surface area contributed by atoms with Crippen LogP contribution in [-0.4, -0.2) is 14.9 Å². The molecule has 0 aliphatic heterocycles. The van der Waals surface area contributed by atoms with Gasteiger partial charge in [-0.05, 0) is 13.8 Å². The minimum atomic E-state index is 0.245. The van der Waals surface area contributed by atoms with Gasteiger partial charge in [-0.2, -0.15) is 5.10 Å². The van der Waals surface area contributed by atoms with Crippen molar-refractivity contribution in [1.29, 1.82) is 0 Å². The van der Waals surface area contributed by atoms with E-state index < -0.39 is 0 Å². The van der Waals surface area contributed by atoms with Crippen molar-refractivity contribution in [3.63, 3.8) is 0 Å². The van der Waals surface area contributed by atoms with E-state index in [1.807, 2.05) is 13.8 Å². The molecular weight excluding hydrogens is 116 g/mol. The van der Waals surface area contributed by atoms with Crippen LogP contribution in [0.3, 0.4) is 0 Å². The highest BCUT2D eigenvalue weighted by Gasteiger charge is 1.98. The summed E-state index contributed by atoms with van der Waals surface area (Å²) in [5.74, 6) is 0.245. The van der Waals surface area contributed by atoms with E-state index in [1.165, 1.54) is 0 Å². The maximum absolute atomic E-state index is 9.03. The molecule has 9 heavy (non-hydrogen) atoms. The van der Waals surface area contributed by atoms with E-state index in [-0.39, 0.29) is 5.88 Å². The summed E-state index contributed by atoms with van der Waals surface area (Å²) >= 11 is 0. The van der Waals surface area contributed by atoms with Crippen molar-refractivity contribution in [2.45, 2.75) is 20.4 Å². The van der Waals surface area contributed by atoms with E-state index in [4.69, 9.17) is 5.11 Å². The molecule has 0 bridgehead atoms. The second-order valence-electron chi connectivity index (χ2n) is 1.96. The standard InChI is InChI=1S/C6H10N2O/c1-3-8-6(9)4-5(2)7-8/h4,9H,3H2,1-2H3. The molecule has 0 aromatic carbocycles. The van der Waals surface area contributed by atoms with E-state index in [9.17, 15) is 0 Å². The second kappa shape index (κ2) is 2.09. The van der Waals surface area contributed by atoms with Gasteiger partial charge in [0.05, 0.1) is 5.69 Å².